The van der Waals surface area contributed by atoms with E-state index in [1.807, 2.05) is 32.0 Å². The molecule has 0 bridgehead atoms. The van der Waals surface area contributed by atoms with Crippen molar-refractivity contribution in [1.29, 1.82) is 0 Å². The molecular formula is C13H19N3OS. The number of benzene rings is 1. The Hall–Kier alpha value is -1.62. The third-order valence-electron chi connectivity index (χ3n) is 2.77. The molecule has 0 aliphatic carbocycles. The Morgan fingerprint density at radius 1 is 1.50 bits per heavy atom. The molecule has 1 amide bonds. The highest BCUT2D eigenvalue weighted by Gasteiger charge is 2.09. The van der Waals surface area contributed by atoms with Crippen LogP contribution in [0.15, 0.2) is 18.2 Å². The topological polar surface area (TPSA) is 58.4 Å². The first-order chi connectivity index (χ1) is 8.45. The normalized spacial score (nSPS) is 9.94. The van der Waals surface area contributed by atoms with E-state index >= 15 is 0 Å². The van der Waals surface area contributed by atoms with Gasteiger partial charge in [0.1, 0.15) is 4.99 Å². The maximum absolute atomic E-state index is 11.7. The summed E-state index contributed by atoms with van der Waals surface area (Å²) in [5.74, 6) is 0.0351. The molecule has 0 fully saturated rings. The molecular weight excluding hydrogens is 246 g/mol. The van der Waals surface area contributed by atoms with E-state index in [1.165, 1.54) is 0 Å². The van der Waals surface area contributed by atoms with Gasteiger partial charge < -0.3 is 16.0 Å². The quantitative estimate of drug-likeness (QED) is 0.793. The average molecular weight is 265 g/mol. The van der Waals surface area contributed by atoms with Crippen LogP contribution in [0.1, 0.15) is 18.1 Å². The lowest BCUT2D eigenvalue weighted by molar-refractivity contribution is -0.127. The van der Waals surface area contributed by atoms with E-state index < -0.39 is 0 Å². The van der Waals surface area contributed by atoms with Gasteiger partial charge in [0.25, 0.3) is 0 Å². The SMILES string of the molecule is CCN(C)C(=O)CNc1cc(C)ccc1C(N)=S. The fourth-order valence-corrected chi connectivity index (χ4v) is 1.68. The van der Waals surface area contributed by atoms with Crippen molar-refractivity contribution in [3.05, 3.63) is 29.3 Å². The highest BCUT2D eigenvalue weighted by molar-refractivity contribution is 7.80. The molecule has 1 aromatic rings. The molecule has 1 aromatic carbocycles. The molecule has 0 aliphatic heterocycles. The summed E-state index contributed by atoms with van der Waals surface area (Å²) in [6.07, 6.45) is 0. The van der Waals surface area contributed by atoms with E-state index in [4.69, 9.17) is 18.0 Å². The molecule has 3 N–H and O–H groups in total. The Morgan fingerprint density at radius 2 is 2.17 bits per heavy atom. The zero-order valence-corrected chi connectivity index (χ0v) is 11.8. The molecule has 4 nitrogen and oxygen atoms in total. The van der Waals surface area contributed by atoms with Gasteiger partial charge in [-0.05, 0) is 31.5 Å². The molecule has 1 rings (SSSR count). The number of nitrogens with one attached hydrogen (secondary N) is 1. The van der Waals surface area contributed by atoms with Gasteiger partial charge in [-0.3, -0.25) is 4.79 Å². The van der Waals surface area contributed by atoms with Gasteiger partial charge in [-0.25, -0.2) is 0 Å². The summed E-state index contributed by atoms with van der Waals surface area (Å²) in [6, 6.07) is 5.75. The van der Waals surface area contributed by atoms with Crippen molar-refractivity contribution >= 4 is 28.8 Å². The van der Waals surface area contributed by atoms with Crippen molar-refractivity contribution in [1.82, 2.24) is 4.90 Å². The second-order valence-electron chi connectivity index (χ2n) is 4.17. The first-order valence-electron chi connectivity index (χ1n) is 5.84. The summed E-state index contributed by atoms with van der Waals surface area (Å²) in [5, 5.41) is 3.09. The number of nitrogens with zero attached hydrogens (tertiary/aromatic N) is 1. The molecule has 0 aromatic heterocycles. The van der Waals surface area contributed by atoms with E-state index in [-0.39, 0.29) is 12.5 Å². The van der Waals surface area contributed by atoms with Crippen LogP contribution in [0.25, 0.3) is 0 Å². The summed E-state index contributed by atoms with van der Waals surface area (Å²) < 4.78 is 0. The van der Waals surface area contributed by atoms with Crippen molar-refractivity contribution in [2.45, 2.75) is 13.8 Å². The molecule has 98 valence electrons. The maximum atomic E-state index is 11.7. The minimum Gasteiger partial charge on any atom is -0.389 e. The van der Waals surface area contributed by atoms with Crippen LogP contribution in [0.4, 0.5) is 5.69 Å². The zero-order valence-electron chi connectivity index (χ0n) is 11.0. The van der Waals surface area contributed by atoms with E-state index in [1.54, 1.807) is 11.9 Å². The highest BCUT2D eigenvalue weighted by atomic mass is 32.1. The maximum Gasteiger partial charge on any atom is 0.241 e. The number of carbonyl (C=O) groups excluding carboxylic acids is 1. The average Bonchev–Trinajstić information content (AvgIpc) is 2.34. The number of anilines is 1. The number of rotatable bonds is 5. The lowest BCUT2D eigenvalue weighted by Crippen LogP contribution is -2.32. The summed E-state index contributed by atoms with van der Waals surface area (Å²) in [6.45, 7) is 4.85. The van der Waals surface area contributed by atoms with Crippen molar-refractivity contribution in [2.24, 2.45) is 5.73 Å². The zero-order chi connectivity index (χ0) is 13.7. The van der Waals surface area contributed by atoms with E-state index in [9.17, 15) is 4.79 Å². The molecule has 5 heteroatoms. The first kappa shape index (κ1) is 14.4. The number of hydrogen-bond acceptors (Lipinski definition) is 3. The van der Waals surface area contributed by atoms with Crippen molar-refractivity contribution in [3.8, 4) is 0 Å². The van der Waals surface area contributed by atoms with Crippen LogP contribution in [0.2, 0.25) is 0 Å². The van der Waals surface area contributed by atoms with Gasteiger partial charge in [-0.1, -0.05) is 18.3 Å². The number of nitrogens with two attached hydrogens (primary N) is 1. The van der Waals surface area contributed by atoms with Crippen molar-refractivity contribution in [3.63, 3.8) is 0 Å². The minimum absolute atomic E-state index is 0.0351. The second kappa shape index (κ2) is 6.35. The minimum atomic E-state index is 0.0351. The van der Waals surface area contributed by atoms with Gasteiger partial charge in [-0.15, -0.1) is 0 Å². The largest absolute Gasteiger partial charge is 0.389 e. The molecule has 0 atom stereocenters. The highest BCUT2D eigenvalue weighted by Crippen LogP contribution is 2.17. The van der Waals surface area contributed by atoms with Gasteiger partial charge in [0, 0.05) is 24.8 Å². The smallest absolute Gasteiger partial charge is 0.241 e. The Morgan fingerprint density at radius 3 is 2.72 bits per heavy atom. The Bertz CT molecular complexity index is 460. The number of thiocarbonyl (C=S) groups is 1. The number of carbonyl (C=O) groups is 1. The molecule has 18 heavy (non-hydrogen) atoms. The van der Waals surface area contributed by atoms with Gasteiger partial charge >= 0.3 is 0 Å². The fraction of sp³-hybridized carbons (Fsp3) is 0.385. The van der Waals surface area contributed by atoms with Crippen LogP contribution in [0.5, 0.6) is 0 Å². The van der Waals surface area contributed by atoms with Crippen LogP contribution in [0, 0.1) is 6.92 Å². The van der Waals surface area contributed by atoms with Crippen LogP contribution < -0.4 is 11.1 Å². The predicted molar refractivity (Wildman–Crippen MR) is 78.9 cm³/mol. The van der Waals surface area contributed by atoms with Crippen molar-refractivity contribution < 1.29 is 4.79 Å². The molecule has 0 radical (unpaired) electrons. The molecule has 0 spiro atoms. The van der Waals surface area contributed by atoms with Crippen LogP contribution in [-0.2, 0) is 4.79 Å². The first-order valence-corrected chi connectivity index (χ1v) is 6.24. The lowest BCUT2D eigenvalue weighted by atomic mass is 10.1. The van der Waals surface area contributed by atoms with E-state index in [0.29, 0.717) is 11.5 Å². The van der Waals surface area contributed by atoms with Gasteiger partial charge in [0.15, 0.2) is 0 Å². The van der Waals surface area contributed by atoms with Gasteiger partial charge in [0.05, 0.1) is 6.54 Å². The molecule has 0 heterocycles. The monoisotopic (exact) mass is 265 g/mol. The summed E-state index contributed by atoms with van der Waals surface area (Å²) in [4.78, 5) is 13.7. The summed E-state index contributed by atoms with van der Waals surface area (Å²) in [5.41, 5.74) is 8.32. The van der Waals surface area contributed by atoms with Crippen molar-refractivity contribution in [2.75, 3.05) is 25.5 Å². The van der Waals surface area contributed by atoms with E-state index in [2.05, 4.69) is 5.32 Å². The molecule has 0 aliphatic rings. The molecule has 0 saturated heterocycles. The summed E-state index contributed by atoms with van der Waals surface area (Å²) >= 11 is 4.99. The number of aryl methyl sites for hydroxylation is 1. The second-order valence-corrected chi connectivity index (χ2v) is 4.61. The van der Waals surface area contributed by atoms with Crippen LogP contribution in [-0.4, -0.2) is 35.9 Å². The number of likely N-dealkylation sites (N-methyl/N-ethyl adjacent to an activating group) is 1. The third-order valence-corrected chi connectivity index (χ3v) is 2.99. The fourth-order valence-electron chi connectivity index (χ4n) is 1.50. The van der Waals surface area contributed by atoms with Crippen LogP contribution >= 0.6 is 12.2 Å². The Kier molecular flexibility index (Phi) is 5.09. The predicted octanol–water partition coefficient (Wildman–Crippen LogP) is 1.52. The van der Waals surface area contributed by atoms with Gasteiger partial charge in [-0.2, -0.15) is 0 Å². The number of hydrogen-bond donors (Lipinski definition) is 2. The Balaban J connectivity index is 2.81. The third kappa shape index (κ3) is 3.70. The number of amides is 1. The van der Waals surface area contributed by atoms with Gasteiger partial charge in [0.2, 0.25) is 5.91 Å². The Labute approximate surface area is 113 Å². The molecule has 0 unspecified atom stereocenters. The standard InChI is InChI=1S/C13H19N3OS/c1-4-16(3)12(17)8-15-11-7-9(2)5-6-10(11)13(14)18/h5-7,15H,4,8H2,1-3H3,(H2,14,18). The lowest BCUT2D eigenvalue weighted by Gasteiger charge is -2.17. The molecule has 0 saturated carbocycles. The summed E-state index contributed by atoms with van der Waals surface area (Å²) in [7, 11) is 1.77. The van der Waals surface area contributed by atoms with E-state index in [0.717, 1.165) is 16.8 Å². The van der Waals surface area contributed by atoms with Crippen LogP contribution in [0.3, 0.4) is 0 Å².